The molecule has 0 radical (unpaired) electrons. The van der Waals surface area contributed by atoms with Crippen LogP contribution in [0.5, 0.6) is 11.5 Å². The van der Waals surface area contributed by atoms with Crippen molar-refractivity contribution < 1.29 is 19.0 Å². The number of nitrogens with zero attached hydrogens (tertiary/aromatic N) is 4. The van der Waals surface area contributed by atoms with Crippen LogP contribution in [0.15, 0.2) is 29.6 Å². The average molecular weight is 430 g/mol. The highest BCUT2D eigenvalue weighted by Gasteiger charge is 2.22. The zero-order chi connectivity index (χ0) is 21.3. The van der Waals surface area contributed by atoms with E-state index in [2.05, 4.69) is 15.3 Å². The third kappa shape index (κ3) is 5.31. The maximum absolute atomic E-state index is 12.8. The van der Waals surface area contributed by atoms with Crippen LogP contribution in [0.4, 0.5) is 5.82 Å². The predicted octanol–water partition coefficient (Wildman–Crippen LogP) is 1.88. The van der Waals surface area contributed by atoms with Gasteiger partial charge in [0.15, 0.2) is 11.5 Å². The van der Waals surface area contributed by atoms with Crippen LogP contribution in [0.2, 0.25) is 0 Å². The first kappa shape index (κ1) is 21.7. The Bertz CT molecular complexity index is 928. The van der Waals surface area contributed by atoms with Crippen molar-refractivity contribution in [3.63, 3.8) is 0 Å². The second kappa shape index (κ2) is 10.7. The zero-order valence-electron chi connectivity index (χ0n) is 16.9. The molecule has 158 valence electrons. The molecule has 2 aromatic rings. The summed E-state index contributed by atoms with van der Waals surface area (Å²) in [6, 6.07) is 5.66. The van der Waals surface area contributed by atoms with Gasteiger partial charge in [-0.3, -0.25) is 4.79 Å². The molecule has 1 N–H and O–H groups in total. The van der Waals surface area contributed by atoms with Gasteiger partial charge in [-0.2, -0.15) is 5.26 Å². The van der Waals surface area contributed by atoms with Crippen molar-refractivity contribution in [3.8, 4) is 16.9 Å². The summed E-state index contributed by atoms with van der Waals surface area (Å²) in [5.41, 5.74) is 1.39. The van der Waals surface area contributed by atoms with Crippen molar-refractivity contribution in [3.05, 3.63) is 35.5 Å². The number of benzene rings is 1. The lowest BCUT2D eigenvalue weighted by molar-refractivity contribution is 0.0951. The minimum Gasteiger partial charge on any atom is -0.493 e. The van der Waals surface area contributed by atoms with E-state index in [0.29, 0.717) is 67.3 Å². The van der Waals surface area contributed by atoms with Crippen LogP contribution in [-0.4, -0.2) is 62.9 Å². The second-order valence-electron chi connectivity index (χ2n) is 6.38. The first-order chi connectivity index (χ1) is 14.7. The number of amides is 1. The molecular formula is C20H23N5O4S. The van der Waals surface area contributed by atoms with Crippen LogP contribution in [0, 0.1) is 10.7 Å². The number of morpholine rings is 1. The highest BCUT2D eigenvalue weighted by Crippen LogP contribution is 2.27. The topological polar surface area (TPSA) is 110 Å². The Labute approximate surface area is 179 Å². The molecule has 3 rings (SSSR count). The number of anilines is 1. The van der Waals surface area contributed by atoms with Gasteiger partial charge in [0.25, 0.3) is 5.91 Å². The summed E-state index contributed by atoms with van der Waals surface area (Å²) < 4.78 is 15.9. The summed E-state index contributed by atoms with van der Waals surface area (Å²) in [5.74, 6) is 1.57. The Hall–Kier alpha value is -3.03. The summed E-state index contributed by atoms with van der Waals surface area (Å²) in [4.78, 5) is 23.4. The van der Waals surface area contributed by atoms with E-state index < -0.39 is 0 Å². The van der Waals surface area contributed by atoms with Crippen molar-refractivity contribution >= 4 is 23.5 Å². The van der Waals surface area contributed by atoms with Gasteiger partial charge < -0.3 is 24.4 Å². The number of nitrogens with one attached hydrogen (secondary N) is 1. The second-order valence-corrected chi connectivity index (χ2v) is 7.13. The molecule has 2 heterocycles. The molecule has 1 saturated heterocycles. The van der Waals surface area contributed by atoms with Gasteiger partial charge in [-0.1, -0.05) is 6.07 Å². The van der Waals surface area contributed by atoms with E-state index in [0.717, 1.165) is 17.3 Å². The first-order valence-corrected chi connectivity index (χ1v) is 10.2. The Balaban J connectivity index is 1.69. The fourth-order valence-corrected chi connectivity index (χ4v) is 3.39. The molecule has 1 aliphatic rings. The Morgan fingerprint density at radius 3 is 2.77 bits per heavy atom. The number of hydrogen-bond acceptors (Lipinski definition) is 9. The monoisotopic (exact) mass is 429 g/mol. The number of ether oxygens (including phenoxy) is 3. The average Bonchev–Trinajstić information content (AvgIpc) is 2.79. The van der Waals surface area contributed by atoms with Gasteiger partial charge in [-0.25, -0.2) is 9.97 Å². The van der Waals surface area contributed by atoms with E-state index in [-0.39, 0.29) is 5.91 Å². The SMILES string of the molecule is COc1ccc(CCNC(=O)c2cnc(SC#N)nc2N2CCOCC2)cc1OC. The lowest BCUT2D eigenvalue weighted by Gasteiger charge is -2.29. The molecule has 0 unspecified atom stereocenters. The molecule has 0 bridgehead atoms. The quantitative estimate of drug-likeness (QED) is 0.382. The van der Waals surface area contributed by atoms with Gasteiger partial charge in [0.2, 0.25) is 5.16 Å². The lowest BCUT2D eigenvalue weighted by atomic mass is 10.1. The summed E-state index contributed by atoms with van der Waals surface area (Å²) in [7, 11) is 3.18. The van der Waals surface area contributed by atoms with E-state index in [9.17, 15) is 4.79 Å². The molecule has 1 aliphatic heterocycles. The number of hydrogen-bond donors (Lipinski definition) is 1. The Morgan fingerprint density at radius 2 is 2.07 bits per heavy atom. The van der Waals surface area contributed by atoms with Gasteiger partial charge in [0, 0.05) is 37.6 Å². The normalized spacial score (nSPS) is 13.4. The molecule has 0 atom stereocenters. The van der Waals surface area contributed by atoms with E-state index in [1.54, 1.807) is 14.2 Å². The molecule has 1 amide bonds. The van der Waals surface area contributed by atoms with E-state index >= 15 is 0 Å². The van der Waals surface area contributed by atoms with Gasteiger partial charge in [0.1, 0.15) is 16.8 Å². The van der Waals surface area contributed by atoms with Crippen LogP contribution in [-0.2, 0) is 11.2 Å². The van der Waals surface area contributed by atoms with Crippen LogP contribution >= 0.6 is 11.8 Å². The van der Waals surface area contributed by atoms with Crippen molar-refractivity contribution in [2.24, 2.45) is 0 Å². The van der Waals surface area contributed by atoms with Crippen LogP contribution in [0.1, 0.15) is 15.9 Å². The summed E-state index contributed by atoms with van der Waals surface area (Å²) >= 11 is 0.867. The smallest absolute Gasteiger partial charge is 0.256 e. The van der Waals surface area contributed by atoms with Crippen molar-refractivity contribution in [2.45, 2.75) is 11.6 Å². The third-order valence-corrected chi connectivity index (χ3v) is 5.06. The first-order valence-electron chi connectivity index (χ1n) is 9.41. The fourth-order valence-electron chi connectivity index (χ4n) is 3.08. The molecule has 30 heavy (non-hydrogen) atoms. The largest absolute Gasteiger partial charge is 0.493 e. The minimum absolute atomic E-state index is 0.259. The molecule has 9 nitrogen and oxygen atoms in total. The van der Waals surface area contributed by atoms with Gasteiger partial charge in [-0.05, 0) is 24.1 Å². The van der Waals surface area contributed by atoms with Crippen LogP contribution in [0.3, 0.4) is 0 Å². The van der Waals surface area contributed by atoms with Gasteiger partial charge in [-0.15, -0.1) is 0 Å². The van der Waals surface area contributed by atoms with Crippen molar-refractivity contribution in [1.29, 1.82) is 5.26 Å². The minimum atomic E-state index is -0.259. The predicted molar refractivity (Wildman–Crippen MR) is 112 cm³/mol. The molecule has 10 heteroatoms. The fraction of sp³-hybridized carbons (Fsp3) is 0.400. The van der Waals surface area contributed by atoms with Crippen molar-refractivity contribution in [2.75, 3.05) is 52.0 Å². The number of aromatic nitrogens is 2. The number of methoxy groups -OCH3 is 2. The molecule has 1 aromatic carbocycles. The molecule has 1 aromatic heterocycles. The summed E-state index contributed by atoms with van der Waals surface area (Å²) in [5, 5.41) is 14.1. The lowest BCUT2D eigenvalue weighted by Crippen LogP contribution is -2.39. The highest BCUT2D eigenvalue weighted by atomic mass is 32.2. The van der Waals surface area contributed by atoms with E-state index in [4.69, 9.17) is 19.5 Å². The van der Waals surface area contributed by atoms with Gasteiger partial charge in [0.05, 0.1) is 27.4 Å². The van der Waals surface area contributed by atoms with Crippen LogP contribution in [0.25, 0.3) is 0 Å². The molecule has 0 saturated carbocycles. The maximum Gasteiger partial charge on any atom is 0.256 e. The maximum atomic E-state index is 12.8. The van der Waals surface area contributed by atoms with E-state index in [1.165, 1.54) is 6.20 Å². The highest BCUT2D eigenvalue weighted by molar-refractivity contribution is 8.03. The number of rotatable bonds is 8. The standard InChI is InChI=1S/C20H23N5O4S/c1-27-16-4-3-14(11-17(16)28-2)5-6-22-19(26)15-12-23-20(30-13-21)24-18(15)25-7-9-29-10-8-25/h3-4,11-12H,5-10H2,1-2H3,(H,22,26). The molecular weight excluding hydrogens is 406 g/mol. The van der Waals surface area contributed by atoms with E-state index in [1.807, 2.05) is 28.5 Å². The number of carbonyl (C=O) groups is 1. The van der Waals surface area contributed by atoms with Crippen LogP contribution < -0.4 is 19.7 Å². The zero-order valence-corrected chi connectivity index (χ0v) is 17.7. The molecule has 0 spiro atoms. The van der Waals surface area contributed by atoms with Crippen molar-refractivity contribution in [1.82, 2.24) is 15.3 Å². The molecule has 0 aliphatic carbocycles. The Kier molecular flexibility index (Phi) is 7.70. The summed E-state index contributed by atoms with van der Waals surface area (Å²) in [6.07, 6.45) is 2.10. The summed E-state index contributed by atoms with van der Waals surface area (Å²) in [6.45, 7) is 2.81. The number of carbonyl (C=O) groups excluding carboxylic acids is 1. The number of thioether (sulfide) groups is 1. The number of thiocyanates is 1. The molecule has 1 fully saturated rings. The third-order valence-electron chi connectivity index (χ3n) is 4.59. The Morgan fingerprint density at radius 1 is 1.30 bits per heavy atom. The van der Waals surface area contributed by atoms with Gasteiger partial charge >= 0.3 is 0 Å². The number of nitriles is 1.